The number of nitrogens with zero attached hydrogens (tertiary/aromatic N) is 1. The summed E-state index contributed by atoms with van der Waals surface area (Å²) in [5.74, 6) is 4.17. The van der Waals surface area contributed by atoms with Gasteiger partial charge >= 0.3 is 11.9 Å². The van der Waals surface area contributed by atoms with Gasteiger partial charge in [-0.1, -0.05) is 156 Å². The van der Waals surface area contributed by atoms with Crippen LogP contribution in [0.4, 0.5) is 0 Å². The van der Waals surface area contributed by atoms with Crippen LogP contribution in [0.25, 0.3) is 0 Å². The minimum atomic E-state index is -0.0198. The zero-order valence-corrected chi connectivity index (χ0v) is 41.4. The van der Waals surface area contributed by atoms with E-state index in [-0.39, 0.29) is 30.8 Å². The second kappa shape index (κ2) is 47.0. The van der Waals surface area contributed by atoms with E-state index in [4.69, 9.17) is 19.3 Å². The Bertz CT molecular complexity index is 822. The van der Waals surface area contributed by atoms with Crippen LogP contribution in [0.2, 0.25) is 0 Å². The molecule has 0 fully saturated rings. The molecule has 0 aromatic heterocycles. The molecule has 1 N–H and O–H groups in total. The van der Waals surface area contributed by atoms with Crippen LogP contribution in [0.3, 0.4) is 0 Å². The molecule has 0 aliphatic rings. The van der Waals surface area contributed by atoms with Crippen molar-refractivity contribution in [1.82, 2.24) is 4.90 Å². The number of esters is 2. The van der Waals surface area contributed by atoms with Gasteiger partial charge in [0.25, 0.3) is 0 Å². The van der Waals surface area contributed by atoms with Crippen molar-refractivity contribution < 1.29 is 28.9 Å². The van der Waals surface area contributed by atoms with E-state index in [2.05, 4.69) is 39.6 Å². The van der Waals surface area contributed by atoms with Crippen molar-refractivity contribution in [1.29, 1.82) is 0 Å². The molecule has 352 valence electrons. The van der Waals surface area contributed by atoms with E-state index in [1.165, 1.54) is 127 Å². The molecule has 7 nitrogen and oxygen atoms in total. The molecule has 0 heterocycles. The predicted octanol–water partition coefficient (Wildman–Crippen LogP) is 14.1. The molecule has 0 aromatic carbocycles. The summed E-state index contributed by atoms with van der Waals surface area (Å²) in [4.78, 5) is 28.3. The third-order valence-corrected chi connectivity index (χ3v) is 13.9. The highest BCUT2D eigenvalue weighted by atomic mass is 32.2. The molecule has 0 saturated heterocycles. The van der Waals surface area contributed by atoms with Gasteiger partial charge in [0.2, 0.25) is 0 Å². The van der Waals surface area contributed by atoms with Gasteiger partial charge in [-0.3, -0.25) is 9.59 Å². The number of aliphatic hydroxyl groups excluding tert-OH is 1. The van der Waals surface area contributed by atoms with Gasteiger partial charge in [-0.25, -0.2) is 0 Å². The summed E-state index contributed by atoms with van der Waals surface area (Å²) in [5, 5.41) is 9.13. The van der Waals surface area contributed by atoms with Gasteiger partial charge in [-0.15, -0.1) is 0 Å². The van der Waals surface area contributed by atoms with Crippen molar-refractivity contribution in [3.63, 3.8) is 0 Å². The summed E-state index contributed by atoms with van der Waals surface area (Å²) in [6.45, 7) is 10.9. The lowest BCUT2D eigenvalue weighted by Gasteiger charge is -2.28. The Balaban J connectivity index is 4.73. The molecule has 9 heteroatoms. The normalized spacial score (nSPS) is 13.2. The number of carbonyl (C=O) groups is 2. The number of ether oxygens (including phenoxy) is 3. The lowest BCUT2D eigenvalue weighted by atomic mass is 9.99. The lowest BCUT2D eigenvalue weighted by Crippen LogP contribution is -2.34. The van der Waals surface area contributed by atoms with E-state index >= 15 is 0 Å². The third-order valence-electron chi connectivity index (χ3n) is 11.5. The van der Waals surface area contributed by atoms with Crippen molar-refractivity contribution in [3.8, 4) is 0 Å². The van der Waals surface area contributed by atoms with Crippen molar-refractivity contribution in [3.05, 3.63) is 0 Å². The van der Waals surface area contributed by atoms with Gasteiger partial charge in [0, 0.05) is 36.9 Å². The molecular formula is C50H99NO6S2. The number of hydrogen-bond donors (Lipinski definition) is 1. The Labute approximate surface area is 375 Å². The molecule has 2 atom stereocenters. The minimum absolute atomic E-state index is 0.0198. The summed E-state index contributed by atoms with van der Waals surface area (Å²) < 4.78 is 17.7. The first-order valence-corrected chi connectivity index (χ1v) is 27.7. The van der Waals surface area contributed by atoms with Crippen LogP contribution >= 0.6 is 23.5 Å². The highest BCUT2D eigenvalue weighted by Gasteiger charge is 2.18. The highest BCUT2D eigenvalue weighted by molar-refractivity contribution is 7.99. The molecule has 0 spiro atoms. The number of carbonyl (C=O) groups excluding carboxylic acids is 2. The van der Waals surface area contributed by atoms with Crippen LogP contribution < -0.4 is 0 Å². The fourth-order valence-corrected chi connectivity index (χ4v) is 9.78. The van der Waals surface area contributed by atoms with Gasteiger partial charge in [0.05, 0.1) is 19.8 Å². The molecule has 0 rings (SSSR count). The van der Waals surface area contributed by atoms with Crippen LogP contribution in [0.15, 0.2) is 0 Å². The predicted molar refractivity (Wildman–Crippen MR) is 259 cm³/mol. The summed E-state index contributed by atoms with van der Waals surface area (Å²) in [6.07, 6.45) is 36.8. The van der Waals surface area contributed by atoms with Crippen molar-refractivity contribution >= 4 is 35.5 Å². The quantitative estimate of drug-likeness (QED) is 0.0474. The summed E-state index contributed by atoms with van der Waals surface area (Å²) in [6, 6.07) is 0.430. The highest BCUT2D eigenvalue weighted by Crippen LogP contribution is 2.21. The van der Waals surface area contributed by atoms with Gasteiger partial charge in [0.15, 0.2) is 0 Å². The van der Waals surface area contributed by atoms with Crippen molar-refractivity contribution in [2.45, 2.75) is 251 Å². The number of likely N-dealkylation sites (N-methyl/N-ethyl adjacent to an activating group) is 1. The largest absolute Gasteiger partial charge is 0.461 e. The molecule has 0 aliphatic carbocycles. The average molecular weight is 874 g/mol. The number of unbranched alkanes of at least 4 members (excludes halogenated alkanes) is 20. The maximum Gasteiger partial charge on any atom is 0.306 e. The molecule has 0 saturated carbocycles. The molecular weight excluding hydrogens is 775 g/mol. The van der Waals surface area contributed by atoms with E-state index in [0.717, 1.165) is 95.1 Å². The fraction of sp³-hybridized carbons (Fsp3) is 0.960. The Morgan fingerprint density at radius 2 is 0.864 bits per heavy atom. The Morgan fingerprint density at radius 1 is 0.492 bits per heavy atom. The SMILES string of the molecule is CCCCCCCCSCC(CCCCCC)OC(=O)CCCCCC(CCCCCC(=O)OC(CCCCCC)CSCCCCCCCC)N(C)CCOCCO. The minimum Gasteiger partial charge on any atom is -0.461 e. The summed E-state index contributed by atoms with van der Waals surface area (Å²) >= 11 is 3.94. The molecule has 0 bridgehead atoms. The zero-order valence-electron chi connectivity index (χ0n) is 39.8. The lowest BCUT2D eigenvalue weighted by molar-refractivity contribution is -0.149. The Hall–Kier alpha value is -0.480. The molecule has 0 aromatic rings. The van der Waals surface area contributed by atoms with Gasteiger partial charge in [0.1, 0.15) is 12.2 Å². The van der Waals surface area contributed by atoms with E-state index in [1.54, 1.807) is 0 Å². The van der Waals surface area contributed by atoms with E-state index in [0.29, 0.717) is 32.1 Å². The van der Waals surface area contributed by atoms with Crippen molar-refractivity contribution in [2.75, 3.05) is 56.4 Å². The van der Waals surface area contributed by atoms with Crippen LogP contribution in [0.5, 0.6) is 0 Å². The second-order valence-corrected chi connectivity index (χ2v) is 19.6. The first-order chi connectivity index (χ1) is 28.9. The van der Waals surface area contributed by atoms with Crippen LogP contribution in [0.1, 0.15) is 233 Å². The number of rotatable bonds is 48. The molecule has 59 heavy (non-hydrogen) atoms. The molecule has 2 unspecified atom stereocenters. The van der Waals surface area contributed by atoms with Crippen LogP contribution in [0, 0.1) is 0 Å². The monoisotopic (exact) mass is 874 g/mol. The second-order valence-electron chi connectivity index (χ2n) is 17.3. The Morgan fingerprint density at radius 3 is 1.29 bits per heavy atom. The van der Waals surface area contributed by atoms with E-state index < -0.39 is 0 Å². The zero-order chi connectivity index (χ0) is 43.3. The van der Waals surface area contributed by atoms with Crippen LogP contribution in [-0.4, -0.2) is 96.6 Å². The molecule has 0 radical (unpaired) electrons. The maximum absolute atomic E-state index is 12.9. The van der Waals surface area contributed by atoms with Crippen LogP contribution in [-0.2, 0) is 23.8 Å². The first-order valence-electron chi connectivity index (χ1n) is 25.3. The van der Waals surface area contributed by atoms with E-state index in [9.17, 15) is 9.59 Å². The fourth-order valence-electron chi connectivity index (χ4n) is 7.63. The average Bonchev–Trinajstić information content (AvgIpc) is 3.23. The third kappa shape index (κ3) is 41.3. The Kier molecular flexibility index (Phi) is 46.6. The van der Waals surface area contributed by atoms with Gasteiger partial charge in [-0.2, -0.15) is 23.5 Å². The number of thioether (sulfide) groups is 2. The van der Waals surface area contributed by atoms with E-state index in [1.807, 2.05) is 23.5 Å². The van der Waals surface area contributed by atoms with Gasteiger partial charge < -0.3 is 24.2 Å². The number of aliphatic hydroxyl groups is 1. The standard InChI is InChI=1S/C50H99NO6S2/c1-6-10-14-18-20-30-42-58-44-47(34-26-16-12-8-3)56-49(53)36-28-22-24-32-46(51(5)38-40-55-41-39-52)33-25-23-29-37-50(54)57-48(35-27-17-13-9-4)45-59-43-31-21-19-15-11-7-2/h46-48,52H,6-45H2,1-5H3. The van der Waals surface area contributed by atoms with Gasteiger partial charge in [-0.05, 0) is 82.8 Å². The molecule has 0 aliphatic heterocycles. The molecule has 0 amide bonds. The summed E-state index contributed by atoms with van der Waals surface area (Å²) in [5.41, 5.74) is 0. The topological polar surface area (TPSA) is 85.3 Å². The maximum atomic E-state index is 12.9. The summed E-state index contributed by atoms with van der Waals surface area (Å²) in [7, 11) is 2.18. The first kappa shape index (κ1) is 58.5. The number of hydrogen-bond acceptors (Lipinski definition) is 9. The van der Waals surface area contributed by atoms with Crippen molar-refractivity contribution in [2.24, 2.45) is 0 Å². The smallest absolute Gasteiger partial charge is 0.306 e.